The molecule has 7 nitrogen and oxygen atoms in total. The van der Waals surface area contributed by atoms with Gasteiger partial charge in [0.2, 0.25) is 5.91 Å². The summed E-state index contributed by atoms with van der Waals surface area (Å²) in [6, 6.07) is 7.99. The highest BCUT2D eigenvalue weighted by atomic mass is 32.1. The number of hydrogen-bond donors (Lipinski definition) is 0. The maximum Gasteiger partial charge on any atom is 0.223 e. The van der Waals surface area contributed by atoms with Gasteiger partial charge in [0.25, 0.3) is 0 Å². The molecule has 3 heterocycles. The van der Waals surface area contributed by atoms with E-state index in [1.165, 1.54) is 25.3 Å². The highest BCUT2D eigenvalue weighted by Gasteiger charge is 2.18. The van der Waals surface area contributed by atoms with Crippen molar-refractivity contribution in [1.29, 1.82) is 0 Å². The Balaban J connectivity index is 1.44. The standard InChI is InChI=1S/C18H16N4O3S/c23-18(6-5-17-21-15-3-1-2-4-16(15)26-17)22(7-13-9-24-11-19-13)8-14-10-25-12-20-14/h1-4,9-12H,5-8H2. The fourth-order valence-electron chi connectivity index (χ4n) is 2.65. The lowest BCUT2D eigenvalue weighted by molar-refractivity contribution is -0.132. The predicted molar refractivity (Wildman–Crippen MR) is 95.2 cm³/mol. The highest BCUT2D eigenvalue weighted by Crippen LogP contribution is 2.23. The number of benzene rings is 1. The Hall–Kier alpha value is -3.00. The van der Waals surface area contributed by atoms with Crippen LogP contribution in [-0.4, -0.2) is 25.8 Å². The van der Waals surface area contributed by atoms with E-state index in [1.54, 1.807) is 16.2 Å². The van der Waals surface area contributed by atoms with Gasteiger partial charge in [-0.1, -0.05) is 12.1 Å². The summed E-state index contributed by atoms with van der Waals surface area (Å²) in [7, 11) is 0. The van der Waals surface area contributed by atoms with Crippen molar-refractivity contribution in [2.45, 2.75) is 25.9 Å². The van der Waals surface area contributed by atoms with Gasteiger partial charge in [0.1, 0.15) is 12.5 Å². The van der Waals surface area contributed by atoms with Gasteiger partial charge in [0, 0.05) is 12.8 Å². The number of nitrogens with zero attached hydrogens (tertiary/aromatic N) is 4. The molecule has 0 atom stereocenters. The number of carbonyl (C=O) groups is 1. The lowest BCUT2D eigenvalue weighted by Gasteiger charge is -2.20. The van der Waals surface area contributed by atoms with E-state index in [4.69, 9.17) is 8.83 Å². The molecule has 1 aromatic carbocycles. The molecule has 0 unspecified atom stereocenters. The zero-order valence-corrected chi connectivity index (χ0v) is 14.7. The Labute approximate surface area is 153 Å². The molecular weight excluding hydrogens is 352 g/mol. The van der Waals surface area contributed by atoms with Crippen molar-refractivity contribution < 1.29 is 13.6 Å². The summed E-state index contributed by atoms with van der Waals surface area (Å²) in [4.78, 5) is 27.3. The van der Waals surface area contributed by atoms with Gasteiger partial charge in [-0.2, -0.15) is 0 Å². The molecule has 4 rings (SSSR count). The molecular formula is C18H16N4O3S. The van der Waals surface area contributed by atoms with Crippen molar-refractivity contribution in [3.8, 4) is 0 Å². The minimum atomic E-state index is 0.00950. The van der Waals surface area contributed by atoms with E-state index in [-0.39, 0.29) is 5.91 Å². The summed E-state index contributed by atoms with van der Waals surface area (Å²) in [6.07, 6.45) is 6.76. The Morgan fingerprint density at radius 2 is 1.73 bits per heavy atom. The van der Waals surface area contributed by atoms with Crippen molar-refractivity contribution in [2.24, 2.45) is 0 Å². The molecule has 0 fully saturated rings. The minimum absolute atomic E-state index is 0.00950. The van der Waals surface area contributed by atoms with Crippen LogP contribution in [0.2, 0.25) is 0 Å². The monoisotopic (exact) mass is 368 g/mol. The molecule has 0 saturated carbocycles. The first-order valence-corrected chi connectivity index (χ1v) is 8.96. The normalized spacial score (nSPS) is 11.1. The third-order valence-electron chi connectivity index (χ3n) is 3.92. The van der Waals surface area contributed by atoms with E-state index in [0.717, 1.165) is 15.2 Å². The first-order valence-electron chi connectivity index (χ1n) is 8.14. The van der Waals surface area contributed by atoms with Gasteiger partial charge in [0.15, 0.2) is 12.8 Å². The Morgan fingerprint density at radius 1 is 1.04 bits per heavy atom. The van der Waals surface area contributed by atoms with Crippen LogP contribution in [0.4, 0.5) is 0 Å². The van der Waals surface area contributed by atoms with Crippen LogP contribution in [0.25, 0.3) is 10.2 Å². The molecule has 0 aliphatic heterocycles. The Morgan fingerprint density at radius 3 is 2.35 bits per heavy atom. The summed E-state index contributed by atoms with van der Waals surface area (Å²) in [5, 5.41) is 0.961. The van der Waals surface area contributed by atoms with Crippen LogP contribution < -0.4 is 0 Å². The maximum atomic E-state index is 12.8. The van der Waals surface area contributed by atoms with Crippen LogP contribution in [0.1, 0.15) is 22.8 Å². The number of thiazole rings is 1. The second-order valence-electron chi connectivity index (χ2n) is 5.78. The summed E-state index contributed by atoms with van der Waals surface area (Å²) in [5.41, 5.74) is 2.37. The lowest BCUT2D eigenvalue weighted by atomic mass is 10.2. The molecule has 0 bridgehead atoms. The van der Waals surface area contributed by atoms with Crippen LogP contribution in [0, 0.1) is 0 Å². The summed E-state index contributed by atoms with van der Waals surface area (Å²) < 4.78 is 11.1. The molecule has 3 aromatic heterocycles. The largest absolute Gasteiger partial charge is 0.451 e. The van der Waals surface area contributed by atoms with Gasteiger partial charge in [-0.05, 0) is 12.1 Å². The highest BCUT2D eigenvalue weighted by molar-refractivity contribution is 7.18. The van der Waals surface area contributed by atoms with Gasteiger partial charge in [-0.25, -0.2) is 15.0 Å². The van der Waals surface area contributed by atoms with Crippen molar-refractivity contribution >= 4 is 27.5 Å². The van der Waals surface area contributed by atoms with Crippen LogP contribution in [0.15, 0.2) is 58.4 Å². The number of rotatable bonds is 7. The molecule has 8 heteroatoms. The Kier molecular flexibility index (Phi) is 4.74. The zero-order valence-electron chi connectivity index (χ0n) is 13.9. The van der Waals surface area contributed by atoms with Crippen molar-refractivity contribution in [2.75, 3.05) is 0 Å². The van der Waals surface area contributed by atoms with Crippen LogP contribution in [0.3, 0.4) is 0 Å². The topological polar surface area (TPSA) is 85.3 Å². The number of hydrogen-bond acceptors (Lipinski definition) is 7. The maximum absolute atomic E-state index is 12.8. The summed E-state index contributed by atoms with van der Waals surface area (Å²) >= 11 is 1.63. The first-order chi connectivity index (χ1) is 12.8. The van der Waals surface area contributed by atoms with Gasteiger partial charge in [-0.15, -0.1) is 11.3 Å². The van der Waals surface area contributed by atoms with Crippen molar-refractivity contribution in [3.05, 3.63) is 66.0 Å². The number of aryl methyl sites for hydroxylation is 1. The number of carbonyl (C=O) groups excluding carboxylic acids is 1. The van der Waals surface area contributed by atoms with Crippen molar-refractivity contribution in [1.82, 2.24) is 19.9 Å². The van der Waals surface area contributed by atoms with E-state index >= 15 is 0 Å². The second-order valence-corrected chi connectivity index (χ2v) is 6.90. The number of para-hydroxylation sites is 1. The molecule has 132 valence electrons. The average molecular weight is 368 g/mol. The Bertz CT molecular complexity index is 910. The van der Waals surface area contributed by atoms with E-state index < -0.39 is 0 Å². The summed E-state index contributed by atoms with van der Waals surface area (Å²) in [6.45, 7) is 0.726. The molecule has 0 radical (unpaired) electrons. The summed E-state index contributed by atoms with van der Waals surface area (Å²) in [5.74, 6) is 0.00950. The first kappa shape index (κ1) is 16.5. The molecule has 0 N–H and O–H groups in total. The second kappa shape index (κ2) is 7.49. The fraction of sp³-hybridized carbons (Fsp3) is 0.222. The predicted octanol–water partition coefficient (Wildman–Crippen LogP) is 3.43. The minimum Gasteiger partial charge on any atom is -0.451 e. The number of aromatic nitrogens is 3. The van der Waals surface area contributed by atoms with E-state index in [2.05, 4.69) is 15.0 Å². The van der Waals surface area contributed by atoms with Gasteiger partial charge >= 0.3 is 0 Å². The SMILES string of the molecule is O=C(CCc1nc2ccccc2s1)N(Cc1cocn1)Cc1cocn1. The van der Waals surface area contributed by atoms with Crippen LogP contribution >= 0.6 is 11.3 Å². The lowest BCUT2D eigenvalue weighted by Crippen LogP contribution is -2.30. The van der Waals surface area contributed by atoms with Gasteiger partial charge < -0.3 is 13.7 Å². The molecule has 0 aliphatic carbocycles. The van der Waals surface area contributed by atoms with Crippen LogP contribution in [-0.2, 0) is 24.3 Å². The smallest absolute Gasteiger partial charge is 0.223 e. The molecule has 1 amide bonds. The van der Waals surface area contributed by atoms with E-state index in [0.29, 0.717) is 37.3 Å². The molecule has 4 aromatic rings. The third-order valence-corrected chi connectivity index (χ3v) is 5.01. The number of oxazole rings is 2. The van der Waals surface area contributed by atoms with E-state index in [1.807, 2.05) is 24.3 Å². The number of amides is 1. The van der Waals surface area contributed by atoms with Crippen molar-refractivity contribution in [3.63, 3.8) is 0 Å². The quantitative estimate of drug-likeness (QED) is 0.497. The zero-order chi connectivity index (χ0) is 17.8. The molecule has 0 spiro atoms. The van der Waals surface area contributed by atoms with Gasteiger partial charge in [-0.3, -0.25) is 4.79 Å². The molecule has 0 saturated heterocycles. The fourth-order valence-corrected chi connectivity index (χ4v) is 3.62. The molecule has 0 aliphatic rings. The van der Waals surface area contributed by atoms with Gasteiger partial charge in [0.05, 0.1) is 39.7 Å². The van der Waals surface area contributed by atoms with E-state index in [9.17, 15) is 4.79 Å². The average Bonchev–Trinajstić information content (AvgIpc) is 3.40. The third kappa shape index (κ3) is 3.80. The number of fused-ring (bicyclic) bond motifs is 1. The van der Waals surface area contributed by atoms with Crippen LogP contribution in [0.5, 0.6) is 0 Å². The molecule has 26 heavy (non-hydrogen) atoms.